The molecule has 0 radical (unpaired) electrons. The first-order chi connectivity index (χ1) is 10.9. The monoisotopic (exact) mass is 377 g/mol. The van der Waals surface area contributed by atoms with Gasteiger partial charge in [-0.15, -0.1) is 0 Å². The molecule has 5 nitrogen and oxygen atoms in total. The third-order valence-electron chi connectivity index (χ3n) is 2.83. The number of hydrogen-bond donors (Lipinski definition) is 1. The summed E-state index contributed by atoms with van der Waals surface area (Å²) in [7, 11) is 0. The number of furan rings is 1. The SMILES string of the molecule is Cc1cc(C)cc(NC(=O)COC(=O)/C=C/c2ccc(Br)o2)c1. The number of carbonyl (C=O) groups is 2. The second-order valence-electron chi connectivity index (χ2n) is 5.01. The second-order valence-corrected chi connectivity index (χ2v) is 5.79. The van der Waals surface area contributed by atoms with Gasteiger partial charge in [-0.1, -0.05) is 6.07 Å². The fraction of sp³-hybridized carbons (Fsp3) is 0.176. The van der Waals surface area contributed by atoms with Crippen LogP contribution in [0.3, 0.4) is 0 Å². The van der Waals surface area contributed by atoms with Crippen molar-refractivity contribution in [3.8, 4) is 0 Å². The van der Waals surface area contributed by atoms with Gasteiger partial charge in [-0.2, -0.15) is 0 Å². The van der Waals surface area contributed by atoms with Gasteiger partial charge in [0.1, 0.15) is 5.76 Å². The maximum Gasteiger partial charge on any atom is 0.331 e. The van der Waals surface area contributed by atoms with E-state index in [1.807, 2.05) is 32.0 Å². The van der Waals surface area contributed by atoms with E-state index in [1.54, 1.807) is 12.1 Å². The number of rotatable bonds is 5. The van der Waals surface area contributed by atoms with Gasteiger partial charge >= 0.3 is 5.97 Å². The highest BCUT2D eigenvalue weighted by Gasteiger charge is 2.06. The summed E-state index contributed by atoms with van der Waals surface area (Å²) >= 11 is 3.16. The van der Waals surface area contributed by atoms with Crippen LogP contribution in [0.2, 0.25) is 0 Å². The van der Waals surface area contributed by atoms with E-state index in [0.29, 0.717) is 16.1 Å². The molecule has 2 aromatic rings. The van der Waals surface area contributed by atoms with Crippen molar-refractivity contribution in [2.75, 3.05) is 11.9 Å². The molecule has 0 saturated heterocycles. The van der Waals surface area contributed by atoms with E-state index in [9.17, 15) is 9.59 Å². The zero-order valence-corrected chi connectivity index (χ0v) is 14.3. The van der Waals surface area contributed by atoms with Gasteiger partial charge in [0.2, 0.25) is 0 Å². The van der Waals surface area contributed by atoms with Crippen molar-refractivity contribution in [2.45, 2.75) is 13.8 Å². The van der Waals surface area contributed by atoms with Gasteiger partial charge in [-0.05, 0) is 71.2 Å². The van der Waals surface area contributed by atoms with Crippen LogP contribution in [0.5, 0.6) is 0 Å². The summed E-state index contributed by atoms with van der Waals surface area (Å²) in [4.78, 5) is 23.3. The molecular formula is C17H16BrNO4. The van der Waals surface area contributed by atoms with Gasteiger partial charge in [-0.25, -0.2) is 4.79 Å². The summed E-state index contributed by atoms with van der Waals surface area (Å²) in [5, 5.41) is 2.69. The van der Waals surface area contributed by atoms with Crippen LogP contribution in [0.15, 0.2) is 45.5 Å². The molecular weight excluding hydrogens is 362 g/mol. The van der Waals surface area contributed by atoms with Crippen molar-refractivity contribution in [2.24, 2.45) is 0 Å². The van der Waals surface area contributed by atoms with Gasteiger partial charge in [0.15, 0.2) is 11.3 Å². The molecule has 23 heavy (non-hydrogen) atoms. The van der Waals surface area contributed by atoms with Gasteiger partial charge in [0.05, 0.1) is 0 Å². The summed E-state index contributed by atoms with van der Waals surface area (Å²) in [5.74, 6) is -0.501. The zero-order chi connectivity index (χ0) is 16.8. The summed E-state index contributed by atoms with van der Waals surface area (Å²) in [6, 6.07) is 9.11. The van der Waals surface area contributed by atoms with Crippen LogP contribution >= 0.6 is 15.9 Å². The van der Waals surface area contributed by atoms with E-state index in [-0.39, 0.29) is 6.61 Å². The molecule has 1 aromatic heterocycles. The fourth-order valence-electron chi connectivity index (χ4n) is 2.00. The molecule has 0 atom stereocenters. The van der Waals surface area contributed by atoms with Crippen LogP contribution in [0.25, 0.3) is 6.08 Å². The molecule has 0 aliphatic heterocycles. The minimum absolute atomic E-state index is 0.349. The Labute approximate surface area is 142 Å². The number of benzene rings is 1. The minimum Gasteiger partial charge on any atom is -0.452 e. The van der Waals surface area contributed by atoms with Gasteiger partial charge in [0.25, 0.3) is 5.91 Å². The highest BCUT2D eigenvalue weighted by Crippen LogP contribution is 2.15. The van der Waals surface area contributed by atoms with E-state index >= 15 is 0 Å². The molecule has 0 saturated carbocycles. The standard InChI is InChI=1S/C17H16BrNO4/c1-11-7-12(2)9-13(8-11)19-16(20)10-22-17(21)6-4-14-3-5-15(18)23-14/h3-9H,10H2,1-2H3,(H,19,20)/b6-4+. The summed E-state index contributed by atoms with van der Waals surface area (Å²) in [5.41, 5.74) is 2.77. The number of anilines is 1. The molecule has 1 amide bonds. The van der Waals surface area contributed by atoms with Crippen molar-refractivity contribution in [1.29, 1.82) is 0 Å². The molecule has 0 aliphatic carbocycles. The first kappa shape index (κ1) is 17.0. The molecule has 120 valence electrons. The average molecular weight is 378 g/mol. The number of carbonyl (C=O) groups excluding carboxylic acids is 2. The molecule has 0 unspecified atom stereocenters. The number of amides is 1. The summed E-state index contributed by atoms with van der Waals surface area (Å²) < 4.78 is 10.6. The molecule has 1 aromatic carbocycles. The lowest BCUT2D eigenvalue weighted by molar-refractivity contribution is -0.142. The molecule has 6 heteroatoms. The van der Waals surface area contributed by atoms with E-state index in [1.165, 1.54) is 12.2 Å². The predicted octanol–water partition coefficient (Wildman–Crippen LogP) is 3.85. The summed E-state index contributed by atoms with van der Waals surface area (Å²) in [6.07, 6.45) is 2.67. The number of esters is 1. The number of aryl methyl sites for hydroxylation is 2. The third-order valence-corrected chi connectivity index (χ3v) is 3.25. The summed E-state index contributed by atoms with van der Waals surface area (Å²) in [6.45, 7) is 3.54. The number of ether oxygens (including phenoxy) is 1. The maximum atomic E-state index is 11.8. The largest absolute Gasteiger partial charge is 0.452 e. The molecule has 1 N–H and O–H groups in total. The highest BCUT2D eigenvalue weighted by molar-refractivity contribution is 9.10. The number of halogens is 1. The normalized spacial score (nSPS) is 10.7. The van der Waals surface area contributed by atoms with Gasteiger partial charge in [0, 0.05) is 11.8 Å². The minimum atomic E-state index is -0.618. The van der Waals surface area contributed by atoms with E-state index in [4.69, 9.17) is 9.15 Å². The molecule has 0 aliphatic rings. The molecule has 0 fully saturated rings. The highest BCUT2D eigenvalue weighted by atomic mass is 79.9. The first-order valence-electron chi connectivity index (χ1n) is 6.91. The Kier molecular flexibility index (Phi) is 5.76. The lowest BCUT2D eigenvalue weighted by Gasteiger charge is -2.07. The van der Waals surface area contributed by atoms with Crippen LogP contribution in [-0.2, 0) is 14.3 Å². The Morgan fingerprint density at radius 2 is 1.91 bits per heavy atom. The topological polar surface area (TPSA) is 68.5 Å². The van der Waals surface area contributed by atoms with E-state index in [0.717, 1.165) is 11.1 Å². The van der Waals surface area contributed by atoms with Crippen LogP contribution in [0.1, 0.15) is 16.9 Å². The van der Waals surface area contributed by atoms with Crippen LogP contribution in [0, 0.1) is 13.8 Å². The lowest BCUT2D eigenvalue weighted by Crippen LogP contribution is -2.20. The van der Waals surface area contributed by atoms with Crippen LogP contribution < -0.4 is 5.32 Å². The van der Waals surface area contributed by atoms with E-state index in [2.05, 4.69) is 21.2 Å². The van der Waals surface area contributed by atoms with E-state index < -0.39 is 11.9 Å². The van der Waals surface area contributed by atoms with Gasteiger partial charge < -0.3 is 14.5 Å². The zero-order valence-electron chi connectivity index (χ0n) is 12.8. The Balaban J connectivity index is 1.81. The fourth-order valence-corrected chi connectivity index (χ4v) is 2.32. The Bertz CT molecular complexity index is 729. The Morgan fingerprint density at radius 3 is 2.52 bits per heavy atom. The smallest absolute Gasteiger partial charge is 0.331 e. The Hall–Kier alpha value is -2.34. The van der Waals surface area contributed by atoms with Crippen molar-refractivity contribution in [3.63, 3.8) is 0 Å². The lowest BCUT2D eigenvalue weighted by atomic mass is 10.1. The molecule has 2 rings (SSSR count). The van der Waals surface area contributed by atoms with Crippen LogP contribution in [-0.4, -0.2) is 18.5 Å². The number of hydrogen-bond acceptors (Lipinski definition) is 4. The van der Waals surface area contributed by atoms with Crippen molar-refractivity contribution in [1.82, 2.24) is 0 Å². The predicted molar refractivity (Wildman–Crippen MR) is 90.9 cm³/mol. The maximum absolute atomic E-state index is 11.8. The van der Waals surface area contributed by atoms with Gasteiger partial charge in [-0.3, -0.25) is 4.79 Å². The van der Waals surface area contributed by atoms with Crippen molar-refractivity contribution >= 4 is 39.6 Å². The second kappa shape index (κ2) is 7.78. The van der Waals surface area contributed by atoms with Crippen molar-refractivity contribution < 1.29 is 18.7 Å². The molecule has 0 bridgehead atoms. The van der Waals surface area contributed by atoms with Crippen molar-refractivity contribution in [3.05, 3.63) is 58.0 Å². The average Bonchev–Trinajstić information content (AvgIpc) is 2.87. The first-order valence-corrected chi connectivity index (χ1v) is 7.70. The number of nitrogens with one attached hydrogen (secondary N) is 1. The van der Waals surface area contributed by atoms with Crippen LogP contribution in [0.4, 0.5) is 5.69 Å². The third kappa shape index (κ3) is 5.75. The molecule has 1 heterocycles. The quantitative estimate of drug-likeness (QED) is 0.634. The molecule has 0 spiro atoms. The Morgan fingerprint density at radius 1 is 1.22 bits per heavy atom.